The fourth-order valence-electron chi connectivity index (χ4n) is 2.43. The summed E-state index contributed by atoms with van der Waals surface area (Å²) in [5.74, 6) is -1.70. The molecule has 0 unspecified atom stereocenters. The van der Waals surface area contributed by atoms with E-state index in [1.807, 2.05) is 4.72 Å². The number of nitrogens with one attached hydrogen (secondary N) is 1. The lowest BCUT2D eigenvalue weighted by molar-refractivity contribution is -0.114. The molecule has 0 saturated carbocycles. The number of carbonyl (C=O) groups is 1. The Morgan fingerprint density at radius 2 is 1.77 bits per heavy atom. The molecule has 156 valence electrons. The van der Waals surface area contributed by atoms with Crippen molar-refractivity contribution in [2.75, 3.05) is 0 Å². The van der Waals surface area contributed by atoms with Crippen LogP contribution in [0.3, 0.4) is 0 Å². The van der Waals surface area contributed by atoms with Crippen LogP contribution in [-0.4, -0.2) is 22.7 Å². The standard InChI is InChI=1S/C19H13ClFNO5S3/c20-15-12-14(8-9-16(15)21)29(24,25)17-5-2-1-4-13(17)7-10-18(23)22-30(26,27)19-6-3-11-28-19/h1-12H,(H,22,23)/b10-7+. The molecule has 0 aliphatic rings. The van der Waals surface area contributed by atoms with E-state index in [9.17, 15) is 26.0 Å². The maximum Gasteiger partial charge on any atom is 0.273 e. The van der Waals surface area contributed by atoms with Crippen molar-refractivity contribution in [2.45, 2.75) is 14.0 Å². The molecule has 1 aromatic heterocycles. The molecule has 0 saturated heterocycles. The number of sulfone groups is 1. The minimum Gasteiger partial charge on any atom is -0.269 e. The summed E-state index contributed by atoms with van der Waals surface area (Å²) in [5, 5.41) is 1.21. The van der Waals surface area contributed by atoms with Gasteiger partial charge in [0.05, 0.1) is 14.8 Å². The summed E-state index contributed by atoms with van der Waals surface area (Å²) in [7, 11) is -8.09. The van der Waals surface area contributed by atoms with Crippen LogP contribution in [0.5, 0.6) is 0 Å². The van der Waals surface area contributed by atoms with Crippen molar-refractivity contribution in [3.8, 4) is 0 Å². The molecule has 6 nitrogen and oxygen atoms in total. The van der Waals surface area contributed by atoms with Gasteiger partial charge in [0, 0.05) is 6.08 Å². The van der Waals surface area contributed by atoms with Gasteiger partial charge in [-0.2, -0.15) is 0 Å². The molecule has 1 N–H and O–H groups in total. The zero-order valence-corrected chi connectivity index (χ0v) is 18.2. The van der Waals surface area contributed by atoms with Crippen molar-refractivity contribution in [3.63, 3.8) is 0 Å². The fourth-order valence-corrected chi connectivity index (χ4v) is 6.09. The number of thiophene rings is 1. The lowest BCUT2D eigenvalue weighted by Gasteiger charge is -2.09. The van der Waals surface area contributed by atoms with Gasteiger partial charge in [-0.1, -0.05) is 35.9 Å². The molecule has 0 bridgehead atoms. The van der Waals surface area contributed by atoms with Gasteiger partial charge >= 0.3 is 0 Å². The second kappa shape index (κ2) is 8.68. The molecule has 0 aliphatic heterocycles. The number of hydrogen-bond donors (Lipinski definition) is 1. The van der Waals surface area contributed by atoms with Crippen LogP contribution in [-0.2, 0) is 24.7 Å². The fraction of sp³-hybridized carbons (Fsp3) is 0. The lowest BCUT2D eigenvalue weighted by Crippen LogP contribution is -2.28. The summed E-state index contributed by atoms with van der Waals surface area (Å²) in [5.41, 5.74) is 0.140. The Hall–Kier alpha value is -2.53. The summed E-state index contributed by atoms with van der Waals surface area (Å²) < 4.78 is 65.3. The average molecular weight is 486 g/mol. The average Bonchev–Trinajstić information content (AvgIpc) is 3.24. The first-order valence-corrected chi connectivity index (χ1v) is 12.4. The van der Waals surface area contributed by atoms with Gasteiger partial charge < -0.3 is 0 Å². The highest BCUT2D eigenvalue weighted by Crippen LogP contribution is 2.28. The van der Waals surface area contributed by atoms with Gasteiger partial charge in [-0.25, -0.2) is 25.9 Å². The van der Waals surface area contributed by atoms with Crippen molar-refractivity contribution in [1.29, 1.82) is 0 Å². The molecule has 3 rings (SSSR count). The second-order valence-electron chi connectivity index (χ2n) is 5.85. The Morgan fingerprint density at radius 1 is 1.03 bits per heavy atom. The Bertz CT molecular complexity index is 1330. The number of benzene rings is 2. The summed E-state index contributed by atoms with van der Waals surface area (Å²) in [6.45, 7) is 0. The van der Waals surface area contributed by atoms with E-state index in [4.69, 9.17) is 11.6 Å². The summed E-state index contributed by atoms with van der Waals surface area (Å²) in [4.78, 5) is 11.7. The highest BCUT2D eigenvalue weighted by atomic mass is 35.5. The maximum absolute atomic E-state index is 13.4. The monoisotopic (exact) mass is 485 g/mol. The molecule has 0 atom stereocenters. The van der Waals surface area contributed by atoms with E-state index >= 15 is 0 Å². The van der Waals surface area contributed by atoms with Crippen LogP contribution >= 0.6 is 22.9 Å². The van der Waals surface area contributed by atoms with Crippen molar-refractivity contribution in [3.05, 3.63) is 82.5 Å². The van der Waals surface area contributed by atoms with E-state index < -0.39 is 31.6 Å². The van der Waals surface area contributed by atoms with Gasteiger partial charge in [-0.3, -0.25) is 4.79 Å². The third kappa shape index (κ3) is 4.78. The quantitative estimate of drug-likeness (QED) is 0.422. The molecule has 0 fully saturated rings. The summed E-state index contributed by atoms with van der Waals surface area (Å²) in [6, 6.07) is 11.7. The molecule has 2 aromatic carbocycles. The molecule has 0 radical (unpaired) electrons. The van der Waals surface area contributed by atoms with Crippen LogP contribution in [0, 0.1) is 5.82 Å². The summed E-state index contributed by atoms with van der Waals surface area (Å²) >= 11 is 6.64. The van der Waals surface area contributed by atoms with Gasteiger partial charge in [0.25, 0.3) is 15.9 Å². The van der Waals surface area contributed by atoms with Gasteiger partial charge in [0.1, 0.15) is 10.0 Å². The van der Waals surface area contributed by atoms with Crippen LogP contribution in [0.1, 0.15) is 5.56 Å². The van der Waals surface area contributed by atoms with Gasteiger partial charge in [-0.05, 0) is 47.4 Å². The molecular weight excluding hydrogens is 473 g/mol. The van der Waals surface area contributed by atoms with E-state index in [0.717, 1.165) is 35.6 Å². The van der Waals surface area contributed by atoms with Crippen LogP contribution in [0.15, 0.2) is 80.1 Å². The first-order chi connectivity index (χ1) is 14.1. The van der Waals surface area contributed by atoms with Gasteiger partial charge in [0.2, 0.25) is 9.84 Å². The van der Waals surface area contributed by atoms with E-state index in [-0.39, 0.29) is 24.6 Å². The van der Waals surface area contributed by atoms with Crippen molar-refractivity contribution in [1.82, 2.24) is 4.72 Å². The van der Waals surface area contributed by atoms with Crippen molar-refractivity contribution >= 4 is 54.8 Å². The highest BCUT2D eigenvalue weighted by Gasteiger charge is 2.22. The number of amides is 1. The topological polar surface area (TPSA) is 97.4 Å². The Balaban J connectivity index is 1.90. The number of rotatable bonds is 6. The van der Waals surface area contributed by atoms with Gasteiger partial charge in [-0.15, -0.1) is 11.3 Å². The number of sulfonamides is 1. The summed E-state index contributed by atoms with van der Waals surface area (Å²) in [6.07, 6.45) is 2.09. The zero-order chi connectivity index (χ0) is 21.9. The first-order valence-electron chi connectivity index (χ1n) is 8.19. The molecule has 1 amide bonds. The number of hydrogen-bond acceptors (Lipinski definition) is 6. The van der Waals surface area contributed by atoms with Gasteiger partial charge in [0.15, 0.2) is 0 Å². The van der Waals surface area contributed by atoms with E-state index in [1.54, 1.807) is 11.4 Å². The molecule has 1 heterocycles. The minimum atomic E-state index is -4.08. The first kappa shape index (κ1) is 22.2. The molecule has 3 aromatic rings. The third-order valence-electron chi connectivity index (χ3n) is 3.82. The minimum absolute atomic E-state index is 0.0274. The Kier molecular flexibility index (Phi) is 6.41. The lowest BCUT2D eigenvalue weighted by atomic mass is 10.2. The highest BCUT2D eigenvalue weighted by molar-refractivity contribution is 7.92. The maximum atomic E-state index is 13.4. The van der Waals surface area contributed by atoms with Crippen molar-refractivity contribution < 1.29 is 26.0 Å². The Labute approximate surface area is 181 Å². The number of halogens is 2. The molecule has 30 heavy (non-hydrogen) atoms. The van der Waals surface area contributed by atoms with Crippen LogP contribution in [0.2, 0.25) is 5.02 Å². The Morgan fingerprint density at radius 3 is 2.43 bits per heavy atom. The normalized spacial score (nSPS) is 12.2. The smallest absolute Gasteiger partial charge is 0.269 e. The predicted molar refractivity (Wildman–Crippen MR) is 112 cm³/mol. The molecule has 11 heteroatoms. The van der Waals surface area contributed by atoms with E-state index in [0.29, 0.717) is 0 Å². The zero-order valence-electron chi connectivity index (χ0n) is 15.0. The van der Waals surface area contributed by atoms with Crippen molar-refractivity contribution in [2.24, 2.45) is 0 Å². The largest absolute Gasteiger partial charge is 0.273 e. The van der Waals surface area contributed by atoms with E-state index in [1.165, 1.54) is 36.4 Å². The molecule has 0 spiro atoms. The molecule has 0 aliphatic carbocycles. The van der Waals surface area contributed by atoms with Crippen LogP contribution < -0.4 is 4.72 Å². The van der Waals surface area contributed by atoms with Crippen LogP contribution in [0.25, 0.3) is 6.08 Å². The third-order valence-corrected chi connectivity index (χ3v) is 8.68. The second-order valence-corrected chi connectivity index (χ2v) is 11.0. The molecular formula is C19H13ClFNO5S3. The SMILES string of the molecule is O=C(/C=C/c1ccccc1S(=O)(=O)c1ccc(F)c(Cl)c1)NS(=O)(=O)c1cccs1. The number of carbonyl (C=O) groups excluding carboxylic acids is 1. The predicted octanol–water partition coefficient (Wildman–Crippen LogP) is 3.89. The van der Waals surface area contributed by atoms with Crippen LogP contribution in [0.4, 0.5) is 4.39 Å². The van der Waals surface area contributed by atoms with E-state index in [2.05, 4.69) is 0 Å².